The van der Waals surface area contributed by atoms with Crippen molar-refractivity contribution >= 4 is 29.2 Å². The number of anilines is 2. The highest BCUT2D eigenvalue weighted by atomic mass is 16.5. The van der Waals surface area contributed by atoms with E-state index in [9.17, 15) is 14.4 Å². The van der Waals surface area contributed by atoms with E-state index < -0.39 is 11.9 Å². The van der Waals surface area contributed by atoms with Crippen LogP contribution in [-0.4, -0.2) is 24.4 Å². The van der Waals surface area contributed by atoms with Crippen LogP contribution in [0.5, 0.6) is 0 Å². The topological polar surface area (TPSA) is 84.5 Å². The van der Waals surface area contributed by atoms with E-state index in [0.29, 0.717) is 16.9 Å². The summed E-state index contributed by atoms with van der Waals surface area (Å²) in [7, 11) is 0. The summed E-state index contributed by atoms with van der Waals surface area (Å²) in [6.45, 7) is -0.385. The average Bonchev–Trinajstić information content (AvgIpc) is 3.20. The van der Waals surface area contributed by atoms with Crippen molar-refractivity contribution in [2.24, 2.45) is 5.92 Å². The molecule has 144 valence electrons. The molecule has 2 aromatic carbocycles. The molecular formula is C22H22N2O4. The van der Waals surface area contributed by atoms with Gasteiger partial charge < -0.3 is 15.4 Å². The van der Waals surface area contributed by atoms with E-state index >= 15 is 0 Å². The minimum Gasteiger partial charge on any atom is -0.456 e. The molecule has 0 bridgehead atoms. The monoisotopic (exact) mass is 378 g/mol. The summed E-state index contributed by atoms with van der Waals surface area (Å²) in [5.41, 5.74) is 1.33. The van der Waals surface area contributed by atoms with Crippen molar-refractivity contribution in [2.45, 2.75) is 19.3 Å². The smallest absolute Gasteiger partial charge is 0.306 e. The van der Waals surface area contributed by atoms with Gasteiger partial charge in [0.05, 0.1) is 17.7 Å². The fraction of sp³-hybridized carbons (Fsp3) is 0.227. The van der Waals surface area contributed by atoms with Gasteiger partial charge in [0.15, 0.2) is 6.61 Å². The summed E-state index contributed by atoms with van der Waals surface area (Å²) in [5, 5.41) is 5.42. The van der Waals surface area contributed by atoms with Gasteiger partial charge in [-0.1, -0.05) is 42.5 Å². The molecule has 0 aliphatic heterocycles. The summed E-state index contributed by atoms with van der Waals surface area (Å²) in [4.78, 5) is 36.5. The van der Waals surface area contributed by atoms with Crippen LogP contribution in [-0.2, 0) is 14.3 Å². The van der Waals surface area contributed by atoms with E-state index in [-0.39, 0.29) is 24.9 Å². The molecule has 0 saturated heterocycles. The summed E-state index contributed by atoms with van der Waals surface area (Å²) < 4.78 is 5.05. The van der Waals surface area contributed by atoms with Gasteiger partial charge in [-0.25, -0.2) is 0 Å². The molecule has 1 aliphatic carbocycles. The van der Waals surface area contributed by atoms with E-state index in [4.69, 9.17) is 4.74 Å². The number of ether oxygens (including phenoxy) is 1. The second-order valence-electron chi connectivity index (χ2n) is 6.54. The Bertz CT molecular complexity index is 877. The molecule has 0 saturated carbocycles. The predicted molar refractivity (Wildman–Crippen MR) is 107 cm³/mol. The van der Waals surface area contributed by atoms with Gasteiger partial charge in [0.1, 0.15) is 0 Å². The molecule has 2 amide bonds. The van der Waals surface area contributed by atoms with Gasteiger partial charge in [0.25, 0.3) is 11.8 Å². The zero-order chi connectivity index (χ0) is 19.8. The lowest BCUT2D eigenvalue weighted by Crippen LogP contribution is -2.23. The first kappa shape index (κ1) is 19.4. The number of allylic oxidation sites excluding steroid dienone is 2. The minimum absolute atomic E-state index is 0.193. The van der Waals surface area contributed by atoms with Crippen molar-refractivity contribution in [1.29, 1.82) is 0 Å². The number of rotatable bonds is 7. The van der Waals surface area contributed by atoms with Gasteiger partial charge >= 0.3 is 5.97 Å². The molecule has 0 heterocycles. The Labute approximate surface area is 163 Å². The first-order valence-corrected chi connectivity index (χ1v) is 9.19. The molecule has 6 heteroatoms. The quantitative estimate of drug-likeness (QED) is 0.567. The van der Waals surface area contributed by atoms with E-state index in [1.165, 1.54) is 0 Å². The fourth-order valence-corrected chi connectivity index (χ4v) is 2.98. The lowest BCUT2D eigenvalue weighted by Gasteiger charge is -2.12. The largest absolute Gasteiger partial charge is 0.456 e. The van der Waals surface area contributed by atoms with Gasteiger partial charge in [-0.2, -0.15) is 0 Å². The first-order chi connectivity index (χ1) is 13.6. The number of nitrogens with one attached hydrogen (secondary N) is 2. The molecule has 0 fully saturated rings. The second kappa shape index (κ2) is 9.50. The third kappa shape index (κ3) is 5.54. The highest BCUT2D eigenvalue weighted by molar-refractivity contribution is 6.10. The number of amides is 2. The summed E-state index contributed by atoms with van der Waals surface area (Å²) >= 11 is 0. The molecule has 0 unspecified atom stereocenters. The zero-order valence-electron chi connectivity index (χ0n) is 15.4. The molecule has 28 heavy (non-hydrogen) atoms. The van der Waals surface area contributed by atoms with Crippen LogP contribution in [0.15, 0.2) is 66.7 Å². The Morgan fingerprint density at radius 2 is 1.71 bits per heavy atom. The number of benzene rings is 2. The molecule has 2 aromatic rings. The van der Waals surface area contributed by atoms with Gasteiger partial charge in [-0.15, -0.1) is 0 Å². The van der Waals surface area contributed by atoms with Crippen molar-refractivity contribution in [3.05, 3.63) is 72.3 Å². The third-order valence-corrected chi connectivity index (χ3v) is 4.38. The van der Waals surface area contributed by atoms with Crippen LogP contribution in [0, 0.1) is 5.92 Å². The molecule has 0 spiro atoms. The maximum Gasteiger partial charge on any atom is 0.306 e. The SMILES string of the molecule is O=C(COC(=O)C[C@H]1C=CCC1)Nc1ccccc1C(=O)Nc1ccccc1. The molecule has 0 aromatic heterocycles. The maximum atomic E-state index is 12.5. The van der Waals surface area contributed by atoms with E-state index in [2.05, 4.69) is 10.6 Å². The number of esters is 1. The van der Waals surface area contributed by atoms with Crippen molar-refractivity contribution in [3.63, 3.8) is 0 Å². The van der Waals surface area contributed by atoms with Crippen LogP contribution < -0.4 is 10.6 Å². The molecular weight excluding hydrogens is 356 g/mol. The predicted octanol–water partition coefficient (Wildman–Crippen LogP) is 3.78. The molecule has 6 nitrogen and oxygen atoms in total. The molecule has 3 rings (SSSR count). The van der Waals surface area contributed by atoms with E-state index in [1.807, 2.05) is 30.4 Å². The minimum atomic E-state index is -0.490. The van der Waals surface area contributed by atoms with Crippen LogP contribution in [0.3, 0.4) is 0 Å². The molecule has 0 radical (unpaired) electrons. The van der Waals surface area contributed by atoms with Crippen LogP contribution in [0.4, 0.5) is 11.4 Å². The molecule has 1 aliphatic rings. The highest BCUT2D eigenvalue weighted by Gasteiger charge is 2.17. The van der Waals surface area contributed by atoms with Gasteiger partial charge in [-0.3, -0.25) is 14.4 Å². The van der Waals surface area contributed by atoms with Crippen LogP contribution in [0.1, 0.15) is 29.6 Å². The summed E-state index contributed by atoms with van der Waals surface area (Å²) in [5.74, 6) is -1.04. The van der Waals surface area contributed by atoms with Crippen molar-refractivity contribution in [3.8, 4) is 0 Å². The van der Waals surface area contributed by atoms with Gasteiger partial charge in [-0.05, 0) is 43.0 Å². The van der Waals surface area contributed by atoms with E-state index in [0.717, 1.165) is 12.8 Å². The number of para-hydroxylation sites is 2. The van der Waals surface area contributed by atoms with Gasteiger partial charge in [0.2, 0.25) is 0 Å². The van der Waals surface area contributed by atoms with E-state index in [1.54, 1.807) is 36.4 Å². The summed E-state index contributed by atoms with van der Waals surface area (Å²) in [6.07, 6.45) is 6.23. The number of hydrogen-bond acceptors (Lipinski definition) is 4. The Balaban J connectivity index is 1.55. The van der Waals surface area contributed by atoms with Crippen molar-refractivity contribution < 1.29 is 19.1 Å². The lowest BCUT2D eigenvalue weighted by atomic mass is 10.1. The number of carbonyl (C=O) groups excluding carboxylic acids is 3. The first-order valence-electron chi connectivity index (χ1n) is 9.19. The highest BCUT2D eigenvalue weighted by Crippen LogP contribution is 2.21. The Hall–Kier alpha value is -3.41. The lowest BCUT2D eigenvalue weighted by molar-refractivity contribution is -0.147. The Morgan fingerprint density at radius 3 is 2.46 bits per heavy atom. The number of carbonyl (C=O) groups is 3. The maximum absolute atomic E-state index is 12.5. The fourth-order valence-electron chi connectivity index (χ4n) is 2.98. The Kier molecular flexibility index (Phi) is 6.57. The van der Waals surface area contributed by atoms with Crippen molar-refractivity contribution in [2.75, 3.05) is 17.2 Å². The zero-order valence-corrected chi connectivity index (χ0v) is 15.4. The standard InChI is InChI=1S/C22H22N2O4/c25-20(15-28-21(26)14-16-8-4-5-9-16)24-19-13-7-6-12-18(19)22(27)23-17-10-2-1-3-11-17/h1-4,6-8,10-13,16H,5,9,14-15H2,(H,23,27)(H,24,25)/t16-/m0/s1. The second-order valence-corrected chi connectivity index (χ2v) is 6.54. The van der Waals surface area contributed by atoms with Gasteiger partial charge in [0, 0.05) is 5.69 Å². The Morgan fingerprint density at radius 1 is 0.964 bits per heavy atom. The van der Waals surface area contributed by atoms with Crippen LogP contribution >= 0.6 is 0 Å². The van der Waals surface area contributed by atoms with Crippen LogP contribution in [0.2, 0.25) is 0 Å². The average molecular weight is 378 g/mol. The normalized spacial score (nSPS) is 15.1. The molecule has 1 atom stereocenters. The number of hydrogen-bond donors (Lipinski definition) is 2. The van der Waals surface area contributed by atoms with Crippen molar-refractivity contribution in [1.82, 2.24) is 0 Å². The van der Waals surface area contributed by atoms with Crippen LogP contribution in [0.25, 0.3) is 0 Å². The third-order valence-electron chi connectivity index (χ3n) is 4.38. The summed E-state index contributed by atoms with van der Waals surface area (Å²) in [6, 6.07) is 15.7. The molecule has 2 N–H and O–H groups in total.